The fraction of sp³-hybridized carbons (Fsp3) is 0.182. The van der Waals surface area contributed by atoms with Crippen LogP contribution in [0.25, 0.3) is 0 Å². The number of hydrogen-bond donors (Lipinski definition) is 1. The average molecular weight is 246 g/mol. The normalized spacial score (nSPS) is 11.7. The number of ether oxygens (including phenoxy) is 1. The van der Waals surface area contributed by atoms with Gasteiger partial charge in [0.25, 0.3) is 0 Å². The maximum Gasteiger partial charge on any atom is 0.416 e. The van der Waals surface area contributed by atoms with Crippen LogP contribution in [0.5, 0.6) is 5.75 Å². The van der Waals surface area contributed by atoms with E-state index in [9.17, 15) is 18.0 Å². The molecule has 0 saturated carbocycles. The highest BCUT2D eigenvalue weighted by molar-refractivity contribution is 5.79. The van der Waals surface area contributed by atoms with E-state index in [-0.39, 0.29) is 12.4 Å². The second kappa shape index (κ2) is 5.38. The monoisotopic (exact) mass is 246 g/mol. The summed E-state index contributed by atoms with van der Waals surface area (Å²) in [5.74, 6) is -1.10. The summed E-state index contributed by atoms with van der Waals surface area (Å²) in [6.45, 7) is -0.104. The molecule has 1 aromatic rings. The lowest BCUT2D eigenvalue weighted by atomic mass is 10.2. The van der Waals surface area contributed by atoms with E-state index < -0.39 is 17.7 Å². The smallest absolute Gasteiger partial charge is 0.416 e. The largest absolute Gasteiger partial charge is 0.490 e. The lowest BCUT2D eigenvalue weighted by molar-refractivity contribution is -0.137. The number of benzene rings is 1. The van der Waals surface area contributed by atoms with Crippen molar-refractivity contribution in [2.24, 2.45) is 0 Å². The summed E-state index contributed by atoms with van der Waals surface area (Å²) in [6.07, 6.45) is -2.37. The quantitative estimate of drug-likeness (QED) is 0.831. The predicted molar refractivity (Wildman–Crippen MR) is 53.7 cm³/mol. The fourth-order valence-corrected chi connectivity index (χ4v) is 1.06. The molecule has 17 heavy (non-hydrogen) atoms. The lowest BCUT2D eigenvalue weighted by Gasteiger charge is -2.08. The van der Waals surface area contributed by atoms with Crippen molar-refractivity contribution >= 4 is 5.97 Å². The molecule has 0 atom stereocenters. The van der Waals surface area contributed by atoms with E-state index in [1.165, 1.54) is 18.2 Å². The van der Waals surface area contributed by atoms with Crippen LogP contribution in [0.1, 0.15) is 5.56 Å². The Morgan fingerprint density at radius 2 is 2.12 bits per heavy atom. The molecule has 0 aliphatic heterocycles. The maximum atomic E-state index is 12.3. The third kappa shape index (κ3) is 4.58. The average Bonchev–Trinajstić information content (AvgIpc) is 2.23. The number of rotatable bonds is 4. The van der Waals surface area contributed by atoms with Crippen molar-refractivity contribution in [2.45, 2.75) is 6.18 Å². The van der Waals surface area contributed by atoms with Crippen LogP contribution in [-0.4, -0.2) is 17.7 Å². The predicted octanol–water partition coefficient (Wildman–Crippen LogP) is 2.73. The number of alkyl halides is 3. The van der Waals surface area contributed by atoms with Crippen molar-refractivity contribution in [1.29, 1.82) is 0 Å². The van der Waals surface area contributed by atoms with Crippen LogP contribution < -0.4 is 4.74 Å². The molecular formula is C11H9F3O3. The number of carboxylic acids is 1. The first kappa shape index (κ1) is 13.1. The van der Waals surface area contributed by atoms with Crippen LogP contribution in [0.4, 0.5) is 13.2 Å². The minimum Gasteiger partial charge on any atom is -0.490 e. The van der Waals surface area contributed by atoms with E-state index in [1.807, 2.05) is 0 Å². The number of carboxylic acid groups (broad SMARTS) is 1. The Labute approximate surface area is 95.1 Å². The minimum atomic E-state index is -4.42. The lowest BCUT2D eigenvalue weighted by Crippen LogP contribution is -2.05. The first-order valence-corrected chi connectivity index (χ1v) is 4.59. The van der Waals surface area contributed by atoms with Crippen LogP contribution in [0.3, 0.4) is 0 Å². The van der Waals surface area contributed by atoms with Gasteiger partial charge in [0.1, 0.15) is 12.4 Å². The molecule has 0 aliphatic rings. The molecule has 1 aromatic carbocycles. The second-order valence-electron chi connectivity index (χ2n) is 3.08. The van der Waals surface area contributed by atoms with Gasteiger partial charge in [0.15, 0.2) is 0 Å². The van der Waals surface area contributed by atoms with Gasteiger partial charge in [-0.2, -0.15) is 13.2 Å². The summed E-state index contributed by atoms with van der Waals surface area (Å²) in [6, 6.07) is 4.37. The number of carbonyl (C=O) groups is 1. The van der Waals surface area contributed by atoms with Crippen molar-refractivity contribution in [2.75, 3.05) is 6.61 Å². The fourth-order valence-electron chi connectivity index (χ4n) is 1.06. The highest BCUT2D eigenvalue weighted by Gasteiger charge is 2.30. The van der Waals surface area contributed by atoms with Crippen LogP contribution in [0, 0.1) is 0 Å². The first-order chi connectivity index (χ1) is 7.89. The molecule has 92 valence electrons. The van der Waals surface area contributed by atoms with Gasteiger partial charge >= 0.3 is 12.1 Å². The molecule has 0 aliphatic carbocycles. The van der Waals surface area contributed by atoms with Crippen LogP contribution in [-0.2, 0) is 11.0 Å². The van der Waals surface area contributed by atoms with Gasteiger partial charge in [0, 0.05) is 6.08 Å². The van der Waals surface area contributed by atoms with Crippen LogP contribution in [0.2, 0.25) is 0 Å². The molecule has 0 aromatic heterocycles. The third-order valence-corrected chi connectivity index (χ3v) is 1.77. The van der Waals surface area contributed by atoms with Gasteiger partial charge in [-0.15, -0.1) is 0 Å². The molecule has 0 heterocycles. The van der Waals surface area contributed by atoms with Gasteiger partial charge in [0.05, 0.1) is 5.56 Å². The molecule has 0 spiro atoms. The number of aliphatic carboxylic acids is 1. The van der Waals surface area contributed by atoms with E-state index in [4.69, 9.17) is 9.84 Å². The first-order valence-electron chi connectivity index (χ1n) is 4.59. The maximum absolute atomic E-state index is 12.3. The van der Waals surface area contributed by atoms with Gasteiger partial charge in [-0.1, -0.05) is 6.07 Å². The Balaban J connectivity index is 2.64. The van der Waals surface area contributed by atoms with Crippen molar-refractivity contribution in [3.8, 4) is 5.75 Å². The molecule has 0 fully saturated rings. The minimum absolute atomic E-state index is 0.0369. The van der Waals surface area contributed by atoms with Gasteiger partial charge in [-0.05, 0) is 24.3 Å². The zero-order chi connectivity index (χ0) is 12.9. The van der Waals surface area contributed by atoms with Crippen molar-refractivity contribution in [1.82, 2.24) is 0 Å². The molecule has 0 bridgehead atoms. The Morgan fingerprint density at radius 1 is 1.41 bits per heavy atom. The summed E-state index contributed by atoms with van der Waals surface area (Å²) in [5, 5.41) is 8.27. The Bertz CT molecular complexity index is 424. The Kier molecular flexibility index (Phi) is 4.14. The highest BCUT2D eigenvalue weighted by Crippen LogP contribution is 2.31. The molecular weight excluding hydrogens is 237 g/mol. The molecule has 6 heteroatoms. The standard InChI is InChI=1S/C11H9F3O3/c12-11(13,14)8-3-1-4-9(7-8)17-6-2-5-10(15)16/h1-5,7H,6H2,(H,15,16)/b5-2+. The molecule has 0 saturated heterocycles. The summed E-state index contributed by atoms with van der Waals surface area (Å²) < 4.78 is 41.9. The Hall–Kier alpha value is -1.98. The van der Waals surface area contributed by atoms with Gasteiger partial charge in [-0.25, -0.2) is 4.79 Å². The van der Waals surface area contributed by atoms with Crippen molar-refractivity contribution in [3.05, 3.63) is 42.0 Å². The molecule has 1 N–H and O–H groups in total. The summed E-state index contributed by atoms with van der Waals surface area (Å²) in [4.78, 5) is 10.1. The second-order valence-corrected chi connectivity index (χ2v) is 3.08. The highest BCUT2D eigenvalue weighted by atomic mass is 19.4. The van der Waals surface area contributed by atoms with E-state index in [0.717, 1.165) is 18.2 Å². The van der Waals surface area contributed by atoms with E-state index >= 15 is 0 Å². The molecule has 0 amide bonds. The van der Waals surface area contributed by atoms with E-state index in [2.05, 4.69) is 0 Å². The van der Waals surface area contributed by atoms with Crippen molar-refractivity contribution < 1.29 is 27.8 Å². The Morgan fingerprint density at radius 3 is 2.71 bits per heavy atom. The number of halogens is 3. The van der Waals surface area contributed by atoms with Gasteiger partial charge in [-0.3, -0.25) is 0 Å². The summed E-state index contributed by atoms with van der Waals surface area (Å²) in [5.41, 5.74) is -0.808. The topological polar surface area (TPSA) is 46.5 Å². The zero-order valence-corrected chi connectivity index (χ0v) is 8.57. The zero-order valence-electron chi connectivity index (χ0n) is 8.57. The van der Waals surface area contributed by atoms with E-state index in [0.29, 0.717) is 0 Å². The van der Waals surface area contributed by atoms with Crippen molar-refractivity contribution in [3.63, 3.8) is 0 Å². The molecule has 3 nitrogen and oxygen atoms in total. The summed E-state index contributed by atoms with van der Waals surface area (Å²) in [7, 11) is 0. The molecule has 0 unspecified atom stereocenters. The third-order valence-electron chi connectivity index (χ3n) is 1.77. The van der Waals surface area contributed by atoms with Crippen LogP contribution >= 0.6 is 0 Å². The molecule has 1 rings (SSSR count). The SMILES string of the molecule is O=C(O)/C=C/COc1cccc(C(F)(F)F)c1. The molecule has 0 radical (unpaired) electrons. The summed E-state index contributed by atoms with van der Waals surface area (Å²) >= 11 is 0. The van der Waals surface area contributed by atoms with Crippen LogP contribution in [0.15, 0.2) is 36.4 Å². The van der Waals surface area contributed by atoms with Gasteiger partial charge in [0.2, 0.25) is 0 Å². The van der Waals surface area contributed by atoms with E-state index in [1.54, 1.807) is 0 Å². The number of hydrogen-bond acceptors (Lipinski definition) is 2. The van der Waals surface area contributed by atoms with Gasteiger partial charge < -0.3 is 9.84 Å².